The van der Waals surface area contributed by atoms with Crippen LogP contribution in [0.4, 0.5) is 0 Å². The number of carboxylic acids is 2. The molecule has 0 rings (SSSR count). The van der Waals surface area contributed by atoms with Gasteiger partial charge >= 0.3 is 11.9 Å². The third kappa shape index (κ3) is 6.52. The Morgan fingerprint density at radius 2 is 1.82 bits per heavy atom. The lowest BCUT2D eigenvalue weighted by atomic mass is 10.1. The molecule has 17 heavy (non-hydrogen) atoms. The first-order valence-corrected chi connectivity index (χ1v) is 5.39. The van der Waals surface area contributed by atoms with Crippen molar-refractivity contribution in [3.05, 3.63) is 0 Å². The lowest BCUT2D eigenvalue weighted by molar-refractivity contribution is -0.143. The molecule has 0 radical (unpaired) electrons. The van der Waals surface area contributed by atoms with E-state index in [1.165, 1.54) is 0 Å². The second kappa shape index (κ2) is 7.61. The van der Waals surface area contributed by atoms with Gasteiger partial charge in [-0.1, -0.05) is 13.3 Å². The second-order valence-electron chi connectivity index (χ2n) is 3.73. The van der Waals surface area contributed by atoms with Gasteiger partial charge in [-0.25, -0.2) is 4.79 Å². The standard InChI is InChI=1S/C10H18N2O5/c1-2-3-6(11)9(15)12-7(10(16)17)4-5-8(13)14/h6-7H,2-5,11H2,1H3,(H,12,15)(H,13,14)(H,16,17). The first kappa shape index (κ1) is 15.4. The lowest BCUT2D eigenvalue weighted by Crippen LogP contribution is -2.48. The summed E-state index contributed by atoms with van der Waals surface area (Å²) in [6.45, 7) is 1.85. The summed E-state index contributed by atoms with van der Waals surface area (Å²) in [6.07, 6.45) is 0.689. The van der Waals surface area contributed by atoms with Crippen LogP contribution in [0.1, 0.15) is 32.6 Å². The van der Waals surface area contributed by atoms with Crippen molar-refractivity contribution in [3.8, 4) is 0 Å². The molecule has 5 N–H and O–H groups in total. The van der Waals surface area contributed by atoms with E-state index in [1.54, 1.807) is 0 Å². The van der Waals surface area contributed by atoms with Crippen LogP contribution in [0.2, 0.25) is 0 Å². The van der Waals surface area contributed by atoms with Crippen molar-refractivity contribution >= 4 is 17.8 Å². The van der Waals surface area contributed by atoms with E-state index in [-0.39, 0.29) is 12.8 Å². The van der Waals surface area contributed by atoms with Gasteiger partial charge in [0.25, 0.3) is 0 Å². The SMILES string of the molecule is CCCC(N)C(=O)NC(CCC(=O)O)C(=O)O. The molecule has 0 saturated heterocycles. The maximum Gasteiger partial charge on any atom is 0.326 e. The fourth-order valence-electron chi connectivity index (χ4n) is 1.25. The Kier molecular flexibility index (Phi) is 6.88. The molecule has 1 amide bonds. The predicted octanol–water partition coefficient (Wildman–Crippen LogP) is -0.452. The van der Waals surface area contributed by atoms with Crippen molar-refractivity contribution < 1.29 is 24.6 Å². The van der Waals surface area contributed by atoms with E-state index in [2.05, 4.69) is 5.32 Å². The average molecular weight is 246 g/mol. The Morgan fingerprint density at radius 1 is 1.24 bits per heavy atom. The third-order valence-electron chi connectivity index (χ3n) is 2.20. The smallest absolute Gasteiger partial charge is 0.326 e. The molecule has 0 bridgehead atoms. The number of hydrogen-bond acceptors (Lipinski definition) is 4. The number of carboxylic acid groups (broad SMARTS) is 2. The summed E-state index contributed by atoms with van der Waals surface area (Å²) in [4.78, 5) is 32.5. The van der Waals surface area contributed by atoms with Crippen LogP contribution in [0.15, 0.2) is 0 Å². The summed E-state index contributed by atoms with van der Waals surface area (Å²) in [7, 11) is 0. The Balaban J connectivity index is 4.29. The van der Waals surface area contributed by atoms with Gasteiger partial charge in [-0.15, -0.1) is 0 Å². The van der Waals surface area contributed by atoms with Crippen LogP contribution < -0.4 is 11.1 Å². The Hall–Kier alpha value is -1.63. The molecule has 0 fully saturated rings. The number of nitrogens with one attached hydrogen (secondary N) is 1. The molecule has 0 spiro atoms. The molecular formula is C10H18N2O5. The minimum absolute atomic E-state index is 0.157. The van der Waals surface area contributed by atoms with Crippen LogP contribution in [-0.2, 0) is 14.4 Å². The highest BCUT2D eigenvalue weighted by Crippen LogP contribution is 2.00. The Morgan fingerprint density at radius 3 is 2.24 bits per heavy atom. The second-order valence-corrected chi connectivity index (χ2v) is 3.73. The molecule has 0 aliphatic heterocycles. The highest BCUT2D eigenvalue weighted by molar-refractivity contribution is 5.87. The zero-order valence-corrected chi connectivity index (χ0v) is 9.68. The topological polar surface area (TPSA) is 130 Å². The summed E-state index contributed by atoms with van der Waals surface area (Å²) in [6, 6.07) is -1.96. The van der Waals surface area contributed by atoms with Crippen molar-refractivity contribution in [3.63, 3.8) is 0 Å². The van der Waals surface area contributed by atoms with Crippen molar-refractivity contribution in [2.24, 2.45) is 5.73 Å². The van der Waals surface area contributed by atoms with Crippen molar-refractivity contribution in [2.45, 2.75) is 44.7 Å². The largest absolute Gasteiger partial charge is 0.481 e. The molecular weight excluding hydrogens is 228 g/mol. The number of hydrogen-bond donors (Lipinski definition) is 4. The summed E-state index contributed by atoms with van der Waals surface area (Å²) >= 11 is 0. The van der Waals surface area contributed by atoms with Gasteiger partial charge in [0.05, 0.1) is 6.04 Å². The van der Waals surface area contributed by atoms with E-state index in [1.807, 2.05) is 6.92 Å². The van der Waals surface area contributed by atoms with Crippen LogP contribution in [0.5, 0.6) is 0 Å². The van der Waals surface area contributed by atoms with Gasteiger partial charge in [0, 0.05) is 6.42 Å². The summed E-state index contributed by atoms with van der Waals surface area (Å²) in [5.41, 5.74) is 5.51. The van der Waals surface area contributed by atoms with E-state index < -0.39 is 29.9 Å². The molecule has 0 saturated carbocycles. The number of carbonyl (C=O) groups excluding carboxylic acids is 1. The minimum atomic E-state index is -1.26. The number of amides is 1. The number of nitrogens with two attached hydrogens (primary N) is 1. The molecule has 0 aromatic heterocycles. The summed E-state index contributed by atoms with van der Waals surface area (Å²) in [5, 5.41) is 19.5. The summed E-state index contributed by atoms with van der Waals surface area (Å²) in [5.74, 6) is -2.93. The number of aliphatic carboxylic acids is 2. The molecule has 0 heterocycles. The first-order valence-electron chi connectivity index (χ1n) is 5.39. The van der Waals surface area contributed by atoms with Gasteiger partial charge in [0.2, 0.25) is 5.91 Å². The predicted molar refractivity (Wildman–Crippen MR) is 59.3 cm³/mol. The van der Waals surface area contributed by atoms with Gasteiger partial charge in [0.1, 0.15) is 6.04 Å². The number of carbonyl (C=O) groups is 3. The van der Waals surface area contributed by atoms with Crippen molar-refractivity contribution in [2.75, 3.05) is 0 Å². The van der Waals surface area contributed by atoms with E-state index in [9.17, 15) is 14.4 Å². The monoisotopic (exact) mass is 246 g/mol. The highest BCUT2D eigenvalue weighted by Gasteiger charge is 2.23. The van der Waals surface area contributed by atoms with E-state index in [4.69, 9.17) is 15.9 Å². The van der Waals surface area contributed by atoms with E-state index in [0.29, 0.717) is 12.8 Å². The van der Waals surface area contributed by atoms with Crippen molar-refractivity contribution in [1.29, 1.82) is 0 Å². The van der Waals surface area contributed by atoms with Crippen LogP contribution in [0.25, 0.3) is 0 Å². The maximum absolute atomic E-state index is 11.4. The van der Waals surface area contributed by atoms with Crippen LogP contribution in [0, 0.1) is 0 Å². The molecule has 0 aliphatic carbocycles. The molecule has 2 unspecified atom stereocenters. The average Bonchev–Trinajstić information content (AvgIpc) is 2.23. The highest BCUT2D eigenvalue weighted by atomic mass is 16.4. The Bertz CT molecular complexity index is 292. The molecule has 0 aliphatic rings. The lowest BCUT2D eigenvalue weighted by Gasteiger charge is -2.16. The maximum atomic E-state index is 11.4. The summed E-state index contributed by atoms with van der Waals surface area (Å²) < 4.78 is 0. The van der Waals surface area contributed by atoms with Crippen LogP contribution in [0.3, 0.4) is 0 Å². The number of rotatable bonds is 8. The third-order valence-corrected chi connectivity index (χ3v) is 2.20. The molecule has 7 heteroatoms. The van der Waals surface area contributed by atoms with Gasteiger partial charge < -0.3 is 21.3 Å². The van der Waals surface area contributed by atoms with Gasteiger partial charge in [-0.3, -0.25) is 9.59 Å². The fraction of sp³-hybridized carbons (Fsp3) is 0.700. The Labute approximate surface area is 99.0 Å². The van der Waals surface area contributed by atoms with E-state index in [0.717, 1.165) is 0 Å². The first-order chi connectivity index (χ1) is 7.88. The van der Waals surface area contributed by atoms with Gasteiger partial charge in [-0.2, -0.15) is 0 Å². The fourth-order valence-corrected chi connectivity index (χ4v) is 1.25. The quantitative estimate of drug-likeness (QED) is 0.459. The molecule has 0 aromatic rings. The molecule has 2 atom stereocenters. The van der Waals surface area contributed by atoms with Gasteiger partial charge in [0.15, 0.2) is 0 Å². The minimum Gasteiger partial charge on any atom is -0.481 e. The van der Waals surface area contributed by atoms with Crippen molar-refractivity contribution in [1.82, 2.24) is 5.32 Å². The zero-order chi connectivity index (χ0) is 13.4. The molecule has 7 nitrogen and oxygen atoms in total. The molecule has 0 aromatic carbocycles. The zero-order valence-electron chi connectivity index (χ0n) is 9.68. The van der Waals surface area contributed by atoms with Crippen LogP contribution in [-0.4, -0.2) is 40.1 Å². The van der Waals surface area contributed by atoms with Crippen LogP contribution >= 0.6 is 0 Å². The normalized spacial score (nSPS) is 13.8. The van der Waals surface area contributed by atoms with Gasteiger partial charge in [-0.05, 0) is 12.8 Å². The van der Waals surface area contributed by atoms with E-state index >= 15 is 0 Å². The molecule has 98 valence electrons.